The van der Waals surface area contributed by atoms with Crippen LogP contribution in [0.25, 0.3) is 33.5 Å². The Labute approximate surface area is 182 Å². The SMILES string of the molecule is COc1cc(CNC(=O)O)ccc1-n1nc(C)c2cnc(-c3cnn4cccnc34)cc21. The maximum atomic E-state index is 10.8. The molecule has 0 fully saturated rings. The molecule has 0 aliphatic heterocycles. The zero-order valence-electron chi connectivity index (χ0n) is 17.4. The highest BCUT2D eigenvalue weighted by molar-refractivity contribution is 5.88. The number of amides is 1. The van der Waals surface area contributed by atoms with Crippen LogP contribution >= 0.6 is 0 Å². The van der Waals surface area contributed by atoms with E-state index in [9.17, 15) is 4.79 Å². The Balaban J connectivity index is 1.63. The van der Waals surface area contributed by atoms with Gasteiger partial charge in [-0.3, -0.25) is 4.98 Å². The van der Waals surface area contributed by atoms with E-state index in [2.05, 4.69) is 20.4 Å². The molecule has 2 N–H and O–H groups in total. The smallest absolute Gasteiger partial charge is 0.404 e. The third-order valence-corrected chi connectivity index (χ3v) is 5.22. The molecular formula is C22H19N7O3. The number of benzene rings is 1. The summed E-state index contributed by atoms with van der Waals surface area (Å²) in [5, 5.41) is 21.2. The predicted octanol–water partition coefficient (Wildman–Crippen LogP) is 3.21. The average Bonchev–Trinajstić information content (AvgIpc) is 3.38. The maximum absolute atomic E-state index is 10.8. The third-order valence-electron chi connectivity index (χ3n) is 5.22. The van der Waals surface area contributed by atoms with Gasteiger partial charge in [-0.2, -0.15) is 10.2 Å². The fourth-order valence-corrected chi connectivity index (χ4v) is 3.68. The second kappa shape index (κ2) is 7.65. The number of ether oxygens (including phenoxy) is 1. The van der Waals surface area contributed by atoms with E-state index in [0.717, 1.165) is 44.8 Å². The van der Waals surface area contributed by atoms with Crippen molar-refractivity contribution in [2.24, 2.45) is 0 Å². The van der Waals surface area contributed by atoms with E-state index in [1.165, 1.54) is 0 Å². The first-order chi connectivity index (χ1) is 15.5. The van der Waals surface area contributed by atoms with Crippen LogP contribution in [-0.4, -0.2) is 47.7 Å². The van der Waals surface area contributed by atoms with Gasteiger partial charge in [-0.05, 0) is 36.8 Å². The molecule has 0 saturated heterocycles. The fourth-order valence-electron chi connectivity index (χ4n) is 3.68. The van der Waals surface area contributed by atoms with Gasteiger partial charge in [0.15, 0.2) is 5.65 Å². The summed E-state index contributed by atoms with van der Waals surface area (Å²) in [5.41, 5.74) is 5.47. The molecule has 5 rings (SSSR count). The Morgan fingerprint density at radius 1 is 1.22 bits per heavy atom. The number of pyridine rings is 1. The number of aryl methyl sites for hydroxylation is 1. The number of hydrogen-bond acceptors (Lipinski definition) is 6. The van der Waals surface area contributed by atoms with Gasteiger partial charge in [-0.1, -0.05) is 6.07 Å². The van der Waals surface area contributed by atoms with Gasteiger partial charge in [0.1, 0.15) is 11.4 Å². The number of carbonyl (C=O) groups is 1. The first-order valence-corrected chi connectivity index (χ1v) is 9.83. The van der Waals surface area contributed by atoms with E-state index in [1.54, 1.807) is 36.3 Å². The molecule has 4 heterocycles. The second-order valence-corrected chi connectivity index (χ2v) is 7.19. The van der Waals surface area contributed by atoms with Gasteiger partial charge in [0.2, 0.25) is 0 Å². The summed E-state index contributed by atoms with van der Waals surface area (Å²) >= 11 is 0. The van der Waals surface area contributed by atoms with E-state index < -0.39 is 6.09 Å². The number of fused-ring (bicyclic) bond motifs is 2. The summed E-state index contributed by atoms with van der Waals surface area (Å²) in [6.45, 7) is 2.11. The fraction of sp³-hybridized carbons (Fsp3) is 0.136. The van der Waals surface area contributed by atoms with Crippen LogP contribution in [0.4, 0.5) is 4.79 Å². The van der Waals surface area contributed by atoms with Crippen molar-refractivity contribution in [3.63, 3.8) is 0 Å². The quantitative estimate of drug-likeness (QED) is 0.440. The van der Waals surface area contributed by atoms with Crippen molar-refractivity contribution in [3.05, 3.63) is 66.4 Å². The van der Waals surface area contributed by atoms with Crippen LogP contribution < -0.4 is 10.1 Å². The van der Waals surface area contributed by atoms with Crippen LogP contribution in [0.15, 0.2) is 55.1 Å². The monoisotopic (exact) mass is 429 g/mol. The molecule has 0 aliphatic carbocycles. The summed E-state index contributed by atoms with van der Waals surface area (Å²) in [6, 6.07) is 9.28. The van der Waals surface area contributed by atoms with Gasteiger partial charge in [-0.15, -0.1) is 0 Å². The van der Waals surface area contributed by atoms with E-state index in [4.69, 9.17) is 14.9 Å². The van der Waals surface area contributed by atoms with E-state index in [-0.39, 0.29) is 6.54 Å². The van der Waals surface area contributed by atoms with Crippen LogP contribution in [0.3, 0.4) is 0 Å². The summed E-state index contributed by atoms with van der Waals surface area (Å²) in [5.74, 6) is 0.579. The molecule has 160 valence electrons. The average molecular weight is 429 g/mol. The van der Waals surface area contributed by atoms with Crippen molar-refractivity contribution < 1.29 is 14.6 Å². The minimum absolute atomic E-state index is 0.181. The summed E-state index contributed by atoms with van der Waals surface area (Å²) in [7, 11) is 1.57. The minimum Gasteiger partial charge on any atom is -0.494 e. The molecule has 0 aliphatic rings. The summed E-state index contributed by atoms with van der Waals surface area (Å²) < 4.78 is 9.10. The topological polar surface area (TPSA) is 119 Å². The molecule has 0 unspecified atom stereocenters. The van der Waals surface area contributed by atoms with Gasteiger partial charge in [0, 0.05) is 30.5 Å². The molecule has 0 saturated carbocycles. The number of hydrogen-bond donors (Lipinski definition) is 2. The molecule has 0 radical (unpaired) electrons. The molecule has 4 aromatic heterocycles. The Hall–Kier alpha value is -4.47. The molecule has 10 heteroatoms. The number of methoxy groups -OCH3 is 1. The second-order valence-electron chi connectivity index (χ2n) is 7.19. The van der Waals surface area contributed by atoms with Gasteiger partial charge in [0.25, 0.3) is 0 Å². The minimum atomic E-state index is -1.08. The van der Waals surface area contributed by atoms with Gasteiger partial charge < -0.3 is 15.2 Å². The first kappa shape index (κ1) is 19.5. The highest BCUT2D eigenvalue weighted by Gasteiger charge is 2.17. The lowest BCUT2D eigenvalue weighted by atomic mass is 10.1. The van der Waals surface area contributed by atoms with Crippen molar-refractivity contribution in [1.29, 1.82) is 0 Å². The highest BCUT2D eigenvalue weighted by Crippen LogP contribution is 2.31. The largest absolute Gasteiger partial charge is 0.494 e. The molecule has 0 bridgehead atoms. The van der Waals surface area contributed by atoms with Crippen LogP contribution in [0.2, 0.25) is 0 Å². The third kappa shape index (κ3) is 3.27. The van der Waals surface area contributed by atoms with Crippen molar-refractivity contribution >= 4 is 22.6 Å². The Morgan fingerprint density at radius 3 is 2.91 bits per heavy atom. The normalized spacial score (nSPS) is 11.2. The molecule has 0 atom stereocenters. The molecule has 1 aromatic carbocycles. The summed E-state index contributed by atoms with van der Waals surface area (Å²) in [4.78, 5) is 19.8. The molecule has 32 heavy (non-hydrogen) atoms. The number of rotatable bonds is 5. The number of carboxylic acid groups (broad SMARTS) is 1. The highest BCUT2D eigenvalue weighted by atomic mass is 16.5. The lowest BCUT2D eigenvalue weighted by molar-refractivity contribution is 0.194. The van der Waals surface area contributed by atoms with Gasteiger partial charge in [-0.25, -0.2) is 19.0 Å². The zero-order chi connectivity index (χ0) is 22.2. The number of nitrogens with zero attached hydrogens (tertiary/aromatic N) is 6. The Bertz CT molecular complexity index is 1470. The molecular weight excluding hydrogens is 410 g/mol. The Morgan fingerprint density at radius 2 is 2.09 bits per heavy atom. The molecule has 10 nitrogen and oxygen atoms in total. The van der Waals surface area contributed by atoms with Crippen LogP contribution in [0, 0.1) is 6.92 Å². The van der Waals surface area contributed by atoms with Crippen LogP contribution in [-0.2, 0) is 6.54 Å². The maximum Gasteiger partial charge on any atom is 0.404 e. The lowest BCUT2D eigenvalue weighted by Crippen LogP contribution is -2.19. The van der Waals surface area contributed by atoms with Crippen LogP contribution in [0.1, 0.15) is 11.3 Å². The van der Waals surface area contributed by atoms with Crippen molar-refractivity contribution in [2.75, 3.05) is 7.11 Å². The number of aromatic nitrogens is 6. The molecule has 0 spiro atoms. The Kier molecular flexibility index (Phi) is 4.66. The predicted molar refractivity (Wildman–Crippen MR) is 117 cm³/mol. The van der Waals surface area contributed by atoms with Crippen molar-refractivity contribution in [2.45, 2.75) is 13.5 Å². The van der Waals surface area contributed by atoms with Crippen molar-refractivity contribution in [1.82, 2.24) is 34.7 Å². The molecule has 1 amide bonds. The lowest BCUT2D eigenvalue weighted by Gasteiger charge is -2.12. The van der Waals surface area contributed by atoms with E-state index >= 15 is 0 Å². The summed E-state index contributed by atoms with van der Waals surface area (Å²) in [6.07, 6.45) is 6.02. The van der Waals surface area contributed by atoms with Gasteiger partial charge in [0.05, 0.1) is 35.8 Å². The van der Waals surface area contributed by atoms with Crippen LogP contribution in [0.5, 0.6) is 5.75 Å². The van der Waals surface area contributed by atoms with E-state index in [1.807, 2.05) is 42.1 Å². The van der Waals surface area contributed by atoms with Gasteiger partial charge >= 0.3 is 6.09 Å². The standard InChI is InChI=1S/C22H19N7O3/c1-13-15-11-24-17(16-12-26-28-7-3-6-23-21(16)28)9-19(15)29(27-13)18-5-4-14(8-20(18)32-2)10-25-22(30)31/h3-9,11-12,25H,10H2,1-2H3,(H,30,31). The van der Waals surface area contributed by atoms with E-state index in [0.29, 0.717) is 5.75 Å². The number of nitrogens with one attached hydrogen (secondary N) is 1. The molecule has 5 aromatic rings. The zero-order valence-corrected chi connectivity index (χ0v) is 17.4. The first-order valence-electron chi connectivity index (χ1n) is 9.83. The van der Waals surface area contributed by atoms with Crippen molar-refractivity contribution in [3.8, 4) is 22.7 Å².